The van der Waals surface area contributed by atoms with Crippen molar-refractivity contribution in [3.8, 4) is 0 Å². The summed E-state index contributed by atoms with van der Waals surface area (Å²) in [6, 6.07) is 12.9. The van der Waals surface area contributed by atoms with Crippen LogP contribution in [0.1, 0.15) is 44.3 Å². The van der Waals surface area contributed by atoms with E-state index in [2.05, 4.69) is 17.8 Å². The molecule has 0 saturated heterocycles. The lowest BCUT2D eigenvalue weighted by molar-refractivity contribution is 0.0846. The van der Waals surface area contributed by atoms with E-state index >= 15 is 0 Å². The van der Waals surface area contributed by atoms with Crippen molar-refractivity contribution in [2.75, 3.05) is 0 Å². The van der Waals surface area contributed by atoms with Crippen LogP contribution in [0, 0.1) is 13.8 Å². The molecule has 22 heavy (non-hydrogen) atoms. The second kappa shape index (κ2) is 6.89. The molecule has 4 nitrogen and oxygen atoms in total. The first-order valence-corrected chi connectivity index (χ1v) is 7.28. The molecular formula is C18H20N2O2. The largest absolute Gasteiger partial charge is 0.269 e. The molecule has 0 aliphatic rings. The van der Waals surface area contributed by atoms with Crippen LogP contribution < -0.4 is 10.9 Å². The van der Waals surface area contributed by atoms with Gasteiger partial charge in [-0.25, -0.2) is 0 Å². The van der Waals surface area contributed by atoms with Gasteiger partial charge in [0.05, 0.1) is 0 Å². The average molecular weight is 296 g/mol. The zero-order valence-electron chi connectivity index (χ0n) is 13.1. The van der Waals surface area contributed by atoms with Crippen molar-refractivity contribution >= 4 is 11.8 Å². The Labute approximate surface area is 130 Å². The fourth-order valence-corrected chi connectivity index (χ4v) is 2.21. The lowest BCUT2D eigenvalue weighted by atomic mass is 10.1. The predicted molar refractivity (Wildman–Crippen MR) is 86.7 cm³/mol. The van der Waals surface area contributed by atoms with Crippen molar-refractivity contribution in [2.45, 2.75) is 27.2 Å². The monoisotopic (exact) mass is 296 g/mol. The molecule has 0 spiro atoms. The van der Waals surface area contributed by atoms with Gasteiger partial charge >= 0.3 is 0 Å². The molecule has 2 amide bonds. The van der Waals surface area contributed by atoms with Gasteiger partial charge in [0.25, 0.3) is 11.8 Å². The Bertz CT molecular complexity index is 691. The molecule has 0 atom stereocenters. The molecule has 0 fully saturated rings. The van der Waals surface area contributed by atoms with Gasteiger partial charge in [-0.1, -0.05) is 36.8 Å². The van der Waals surface area contributed by atoms with E-state index in [1.54, 1.807) is 18.2 Å². The van der Waals surface area contributed by atoms with Gasteiger partial charge in [0.1, 0.15) is 0 Å². The predicted octanol–water partition coefficient (Wildman–Crippen LogP) is 2.94. The van der Waals surface area contributed by atoms with Crippen LogP contribution in [0.25, 0.3) is 0 Å². The van der Waals surface area contributed by atoms with E-state index in [-0.39, 0.29) is 11.8 Å². The van der Waals surface area contributed by atoms with Crippen LogP contribution in [-0.4, -0.2) is 11.8 Å². The minimum absolute atomic E-state index is 0.323. The number of benzene rings is 2. The van der Waals surface area contributed by atoms with Gasteiger partial charge in [-0.15, -0.1) is 0 Å². The summed E-state index contributed by atoms with van der Waals surface area (Å²) in [6.45, 7) is 5.89. The Morgan fingerprint density at radius 1 is 0.909 bits per heavy atom. The van der Waals surface area contributed by atoms with Crippen molar-refractivity contribution in [3.63, 3.8) is 0 Å². The van der Waals surface area contributed by atoms with Crippen LogP contribution in [0.2, 0.25) is 0 Å². The molecule has 0 aromatic heterocycles. The number of carbonyl (C=O) groups excluding carboxylic acids is 2. The molecule has 0 aliphatic carbocycles. The van der Waals surface area contributed by atoms with Crippen molar-refractivity contribution in [3.05, 3.63) is 70.3 Å². The van der Waals surface area contributed by atoms with Crippen molar-refractivity contribution in [2.24, 2.45) is 0 Å². The normalized spacial score (nSPS) is 10.1. The standard InChI is InChI=1S/C18H20N2O2/c1-4-14-6-8-15(9-7-14)17(21)19-20-18(22)16-10-5-12(2)11-13(16)3/h5-11H,4H2,1-3H3,(H,19,21)(H,20,22). The second-order valence-corrected chi connectivity index (χ2v) is 5.28. The molecule has 0 bridgehead atoms. The van der Waals surface area contributed by atoms with Crippen LogP contribution in [0.5, 0.6) is 0 Å². The first-order chi connectivity index (χ1) is 10.5. The maximum atomic E-state index is 12.1. The molecule has 2 N–H and O–H groups in total. The number of rotatable bonds is 3. The summed E-state index contributed by atoms with van der Waals surface area (Å²) in [6.07, 6.45) is 0.922. The molecule has 2 rings (SSSR count). The summed E-state index contributed by atoms with van der Waals surface area (Å²) < 4.78 is 0. The van der Waals surface area contributed by atoms with Crippen LogP contribution in [-0.2, 0) is 6.42 Å². The van der Waals surface area contributed by atoms with Gasteiger partial charge in [0.15, 0.2) is 0 Å². The van der Waals surface area contributed by atoms with Gasteiger partial charge in [-0.05, 0) is 49.6 Å². The number of hydrogen-bond donors (Lipinski definition) is 2. The molecule has 2 aromatic rings. The van der Waals surface area contributed by atoms with Gasteiger partial charge in [0, 0.05) is 11.1 Å². The van der Waals surface area contributed by atoms with E-state index in [4.69, 9.17) is 0 Å². The van der Waals surface area contributed by atoms with Gasteiger partial charge in [-0.2, -0.15) is 0 Å². The topological polar surface area (TPSA) is 58.2 Å². The first-order valence-electron chi connectivity index (χ1n) is 7.28. The third-order valence-electron chi connectivity index (χ3n) is 3.54. The number of aryl methyl sites for hydroxylation is 3. The molecule has 0 unspecified atom stereocenters. The summed E-state index contributed by atoms with van der Waals surface area (Å²) in [5, 5.41) is 0. The first kappa shape index (κ1) is 15.8. The van der Waals surface area contributed by atoms with Crippen LogP contribution in [0.3, 0.4) is 0 Å². The highest BCUT2D eigenvalue weighted by Crippen LogP contribution is 2.10. The van der Waals surface area contributed by atoms with Gasteiger partial charge < -0.3 is 0 Å². The van der Waals surface area contributed by atoms with E-state index in [0.29, 0.717) is 11.1 Å². The summed E-state index contributed by atoms with van der Waals surface area (Å²) >= 11 is 0. The molecular weight excluding hydrogens is 276 g/mol. The smallest absolute Gasteiger partial charge is 0.267 e. The summed E-state index contributed by atoms with van der Waals surface area (Å²) in [7, 11) is 0. The Morgan fingerprint density at radius 2 is 1.55 bits per heavy atom. The SMILES string of the molecule is CCc1ccc(C(=O)NNC(=O)c2ccc(C)cc2C)cc1. The van der Waals surface area contributed by atoms with E-state index in [1.165, 1.54) is 0 Å². The molecule has 114 valence electrons. The fraction of sp³-hybridized carbons (Fsp3) is 0.222. The van der Waals surface area contributed by atoms with Crippen LogP contribution >= 0.6 is 0 Å². The van der Waals surface area contributed by atoms with E-state index in [1.807, 2.05) is 38.1 Å². The Hall–Kier alpha value is -2.62. The van der Waals surface area contributed by atoms with Crippen molar-refractivity contribution in [1.82, 2.24) is 10.9 Å². The molecule has 0 saturated carbocycles. The maximum absolute atomic E-state index is 12.1. The molecule has 2 aromatic carbocycles. The number of amides is 2. The Balaban J connectivity index is 1.99. The minimum Gasteiger partial charge on any atom is -0.267 e. The lowest BCUT2D eigenvalue weighted by Crippen LogP contribution is -2.41. The maximum Gasteiger partial charge on any atom is 0.269 e. The highest BCUT2D eigenvalue weighted by atomic mass is 16.2. The van der Waals surface area contributed by atoms with E-state index in [9.17, 15) is 9.59 Å². The molecule has 0 radical (unpaired) electrons. The third-order valence-corrected chi connectivity index (χ3v) is 3.54. The van der Waals surface area contributed by atoms with Gasteiger partial charge in [0.2, 0.25) is 0 Å². The lowest BCUT2D eigenvalue weighted by Gasteiger charge is -2.10. The Morgan fingerprint density at radius 3 is 2.14 bits per heavy atom. The van der Waals surface area contributed by atoms with E-state index in [0.717, 1.165) is 23.1 Å². The molecule has 0 aliphatic heterocycles. The zero-order chi connectivity index (χ0) is 16.1. The minimum atomic E-state index is -0.333. The third kappa shape index (κ3) is 3.73. The molecule has 0 heterocycles. The Kier molecular flexibility index (Phi) is 4.94. The van der Waals surface area contributed by atoms with Crippen LogP contribution in [0.15, 0.2) is 42.5 Å². The number of carbonyl (C=O) groups is 2. The number of hydrazine groups is 1. The van der Waals surface area contributed by atoms with Gasteiger partial charge in [-0.3, -0.25) is 20.4 Å². The average Bonchev–Trinajstić information content (AvgIpc) is 2.52. The number of hydrogen-bond acceptors (Lipinski definition) is 2. The highest BCUT2D eigenvalue weighted by Gasteiger charge is 2.11. The fourth-order valence-electron chi connectivity index (χ4n) is 2.21. The quantitative estimate of drug-likeness (QED) is 0.856. The molecule has 4 heteroatoms. The summed E-state index contributed by atoms with van der Waals surface area (Å²) in [4.78, 5) is 24.1. The number of nitrogens with one attached hydrogen (secondary N) is 2. The van der Waals surface area contributed by atoms with Crippen LogP contribution in [0.4, 0.5) is 0 Å². The summed E-state index contributed by atoms with van der Waals surface area (Å²) in [5.41, 5.74) is 9.07. The second-order valence-electron chi connectivity index (χ2n) is 5.28. The highest BCUT2D eigenvalue weighted by molar-refractivity contribution is 5.99. The van der Waals surface area contributed by atoms with Crippen molar-refractivity contribution in [1.29, 1.82) is 0 Å². The zero-order valence-corrected chi connectivity index (χ0v) is 13.1. The van der Waals surface area contributed by atoms with E-state index < -0.39 is 0 Å². The summed E-state index contributed by atoms with van der Waals surface area (Å²) in [5.74, 6) is -0.656. The van der Waals surface area contributed by atoms with Crippen molar-refractivity contribution < 1.29 is 9.59 Å².